The van der Waals surface area contributed by atoms with Crippen molar-refractivity contribution in [1.82, 2.24) is 45.5 Å². The Labute approximate surface area is 198 Å². The number of hydrogen-bond donors (Lipinski definition) is 2. The van der Waals surface area contributed by atoms with Crippen LogP contribution < -0.4 is 5.32 Å². The van der Waals surface area contributed by atoms with Crippen LogP contribution in [0.2, 0.25) is 0 Å². The van der Waals surface area contributed by atoms with E-state index in [-0.39, 0.29) is 35.8 Å². The molecule has 0 aliphatic carbocycles. The summed E-state index contributed by atoms with van der Waals surface area (Å²) in [5, 5.41) is 21.2. The fourth-order valence-electron chi connectivity index (χ4n) is 4.83. The number of carbonyl (C=O) groups is 4. The highest BCUT2D eigenvalue weighted by atomic mass is 16.2. The average molecular weight is 475 g/mol. The maximum Gasteiger partial charge on any atom is 0.276 e. The van der Waals surface area contributed by atoms with E-state index in [1.807, 2.05) is 6.92 Å². The summed E-state index contributed by atoms with van der Waals surface area (Å²) in [7, 11) is 0. The van der Waals surface area contributed by atoms with Crippen LogP contribution in [0.4, 0.5) is 0 Å². The number of likely N-dealkylation sites (tertiary alicyclic amines) is 1. The van der Waals surface area contributed by atoms with Gasteiger partial charge < -0.3 is 9.80 Å². The third-order valence-electron chi connectivity index (χ3n) is 6.80. The van der Waals surface area contributed by atoms with E-state index in [0.717, 1.165) is 17.0 Å². The summed E-state index contributed by atoms with van der Waals surface area (Å²) < 4.78 is 1.45. The van der Waals surface area contributed by atoms with Crippen LogP contribution in [0.25, 0.3) is 5.69 Å². The summed E-state index contributed by atoms with van der Waals surface area (Å²) in [4.78, 5) is 52.7. The molecule has 1 aromatic carbocycles. The molecule has 3 aliphatic heterocycles. The van der Waals surface area contributed by atoms with Gasteiger partial charge in [-0.1, -0.05) is 11.3 Å². The number of aromatic amines is 1. The monoisotopic (exact) mass is 475 g/mol. The first-order chi connectivity index (χ1) is 16.9. The molecule has 35 heavy (non-hydrogen) atoms. The number of benzene rings is 1. The van der Waals surface area contributed by atoms with Crippen LogP contribution in [-0.2, 0) is 16.1 Å². The van der Waals surface area contributed by atoms with Gasteiger partial charge in [0.25, 0.3) is 11.8 Å². The molecule has 5 heterocycles. The number of amides is 4. The Kier molecular flexibility index (Phi) is 4.72. The zero-order chi connectivity index (χ0) is 24.3. The second-order valence-electron chi connectivity index (χ2n) is 8.99. The molecule has 1 atom stereocenters. The Morgan fingerprint density at radius 3 is 2.71 bits per heavy atom. The highest BCUT2D eigenvalue weighted by Crippen LogP contribution is 2.30. The molecule has 3 aliphatic rings. The van der Waals surface area contributed by atoms with E-state index in [1.54, 1.807) is 23.1 Å². The first-order valence-electron chi connectivity index (χ1n) is 11.3. The predicted octanol–water partition coefficient (Wildman–Crippen LogP) is -0.306. The van der Waals surface area contributed by atoms with E-state index >= 15 is 0 Å². The Morgan fingerprint density at radius 2 is 1.97 bits per heavy atom. The molecule has 0 bridgehead atoms. The quantitative estimate of drug-likeness (QED) is 0.486. The summed E-state index contributed by atoms with van der Waals surface area (Å²) in [5.74, 6) is -1.13. The van der Waals surface area contributed by atoms with Gasteiger partial charge in [0, 0.05) is 37.5 Å². The van der Waals surface area contributed by atoms with Gasteiger partial charge >= 0.3 is 0 Å². The van der Waals surface area contributed by atoms with Crippen LogP contribution in [0.1, 0.15) is 56.6 Å². The molecule has 6 rings (SSSR count). The third kappa shape index (κ3) is 3.47. The number of rotatable bonds is 4. The first-order valence-corrected chi connectivity index (χ1v) is 11.3. The van der Waals surface area contributed by atoms with Crippen LogP contribution in [-0.4, -0.2) is 83.0 Å². The number of nitrogens with one attached hydrogen (secondary N) is 2. The lowest BCUT2D eigenvalue weighted by molar-refractivity contribution is -0.136. The number of H-pyrrole nitrogens is 1. The first kappa shape index (κ1) is 21.1. The Balaban J connectivity index is 1.16. The molecule has 2 aromatic heterocycles. The van der Waals surface area contributed by atoms with Gasteiger partial charge in [0.15, 0.2) is 5.69 Å². The van der Waals surface area contributed by atoms with Crippen LogP contribution in [0.5, 0.6) is 0 Å². The van der Waals surface area contributed by atoms with E-state index < -0.39 is 11.9 Å². The lowest BCUT2D eigenvalue weighted by atomic mass is 9.95. The molecular weight excluding hydrogens is 454 g/mol. The van der Waals surface area contributed by atoms with Crippen molar-refractivity contribution in [3.63, 3.8) is 0 Å². The van der Waals surface area contributed by atoms with Gasteiger partial charge in [-0.05, 0) is 31.0 Å². The van der Waals surface area contributed by atoms with Crippen molar-refractivity contribution in [1.29, 1.82) is 0 Å². The maximum atomic E-state index is 13.1. The van der Waals surface area contributed by atoms with Gasteiger partial charge in [-0.15, -0.1) is 5.10 Å². The SMILES string of the molecule is Cc1n[nH]nc1C1CN(C(=O)c2cn(-c3ccc4c(c3)C(=O)N(C3CCC(=O)NC3=O)C4)nn2)C1. The highest BCUT2D eigenvalue weighted by Gasteiger charge is 2.39. The molecule has 2 N–H and O–H groups in total. The van der Waals surface area contributed by atoms with Gasteiger partial charge in [-0.3, -0.25) is 24.5 Å². The highest BCUT2D eigenvalue weighted by molar-refractivity contribution is 6.05. The van der Waals surface area contributed by atoms with E-state index in [4.69, 9.17) is 0 Å². The number of nitrogens with zero attached hydrogens (tertiary/aromatic N) is 7. The van der Waals surface area contributed by atoms with Crippen LogP contribution in [0.3, 0.4) is 0 Å². The topological polar surface area (TPSA) is 159 Å². The molecular formula is C22H21N9O4. The molecule has 178 valence electrons. The van der Waals surface area contributed by atoms with Gasteiger partial charge in [-0.2, -0.15) is 15.4 Å². The van der Waals surface area contributed by atoms with Crippen molar-refractivity contribution in [2.45, 2.75) is 38.3 Å². The number of aryl methyl sites for hydroxylation is 1. The van der Waals surface area contributed by atoms with Crippen molar-refractivity contribution in [3.8, 4) is 5.69 Å². The third-order valence-corrected chi connectivity index (χ3v) is 6.80. The lowest BCUT2D eigenvalue weighted by Crippen LogP contribution is -2.52. The molecule has 4 amide bonds. The predicted molar refractivity (Wildman–Crippen MR) is 117 cm³/mol. The van der Waals surface area contributed by atoms with Gasteiger partial charge in [-0.25, -0.2) is 4.68 Å². The normalized spacial score (nSPS) is 20.1. The van der Waals surface area contributed by atoms with Gasteiger partial charge in [0.2, 0.25) is 11.8 Å². The van der Waals surface area contributed by atoms with Gasteiger partial charge in [0.1, 0.15) is 6.04 Å². The zero-order valence-electron chi connectivity index (χ0n) is 18.8. The van der Waals surface area contributed by atoms with Crippen molar-refractivity contribution in [2.75, 3.05) is 13.1 Å². The van der Waals surface area contributed by atoms with Crippen molar-refractivity contribution < 1.29 is 19.2 Å². The zero-order valence-corrected chi connectivity index (χ0v) is 18.8. The standard InChI is InChI=1S/C22H21N9O4/c1-11-19(26-27-24-11)13-7-29(8-13)22(35)16-10-31(28-25-16)14-3-2-12-9-30(21(34)15(12)6-14)17-4-5-18(32)23-20(17)33/h2-3,6,10,13,17H,4-5,7-9H2,1H3,(H,23,32,33)(H,24,26,27). The minimum absolute atomic E-state index is 0.141. The number of piperidine rings is 1. The van der Waals surface area contributed by atoms with E-state index in [1.165, 1.54) is 15.8 Å². The summed E-state index contributed by atoms with van der Waals surface area (Å²) in [5.41, 5.74) is 3.73. The largest absolute Gasteiger partial charge is 0.336 e. The summed E-state index contributed by atoms with van der Waals surface area (Å²) in [6.07, 6.45) is 2.04. The Bertz CT molecular complexity index is 1390. The van der Waals surface area contributed by atoms with Crippen molar-refractivity contribution in [2.24, 2.45) is 0 Å². The van der Waals surface area contributed by atoms with Gasteiger partial charge in [0.05, 0.1) is 23.3 Å². The van der Waals surface area contributed by atoms with E-state index in [9.17, 15) is 19.2 Å². The molecule has 1 unspecified atom stereocenters. The van der Waals surface area contributed by atoms with Crippen LogP contribution in [0.15, 0.2) is 24.4 Å². The smallest absolute Gasteiger partial charge is 0.276 e. The molecule has 2 saturated heterocycles. The van der Waals surface area contributed by atoms with E-state index in [2.05, 4.69) is 31.0 Å². The lowest BCUT2D eigenvalue weighted by Gasteiger charge is -2.37. The second-order valence-corrected chi connectivity index (χ2v) is 8.99. The van der Waals surface area contributed by atoms with Crippen LogP contribution >= 0.6 is 0 Å². The molecule has 13 heteroatoms. The molecule has 3 aromatic rings. The minimum Gasteiger partial charge on any atom is -0.336 e. The summed E-state index contributed by atoms with van der Waals surface area (Å²) in [6, 6.07) is 4.60. The number of hydrogen-bond acceptors (Lipinski definition) is 8. The average Bonchev–Trinajstić information content (AvgIpc) is 3.53. The van der Waals surface area contributed by atoms with Crippen molar-refractivity contribution >= 4 is 23.6 Å². The summed E-state index contributed by atoms with van der Waals surface area (Å²) in [6.45, 7) is 3.23. The molecule has 0 radical (unpaired) electrons. The summed E-state index contributed by atoms with van der Waals surface area (Å²) >= 11 is 0. The Hall–Kier alpha value is -4.42. The number of aromatic nitrogens is 6. The van der Waals surface area contributed by atoms with Crippen LogP contribution in [0, 0.1) is 6.92 Å². The number of carbonyl (C=O) groups excluding carboxylic acids is 4. The molecule has 13 nitrogen and oxygen atoms in total. The molecule has 0 saturated carbocycles. The number of fused-ring (bicyclic) bond motifs is 1. The second kappa shape index (κ2) is 7.82. The maximum absolute atomic E-state index is 13.1. The van der Waals surface area contributed by atoms with Crippen molar-refractivity contribution in [3.05, 3.63) is 52.6 Å². The fourth-order valence-corrected chi connectivity index (χ4v) is 4.83. The molecule has 0 spiro atoms. The number of imide groups is 1. The molecule has 2 fully saturated rings. The Morgan fingerprint density at radius 1 is 1.14 bits per heavy atom. The minimum atomic E-state index is -0.673. The van der Waals surface area contributed by atoms with E-state index in [0.29, 0.717) is 37.3 Å². The fraction of sp³-hybridized carbons (Fsp3) is 0.364.